The van der Waals surface area contributed by atoms with E-state index in [9.17, 15) is 0 Å². The van der Waals surface area contributed by atoms with Gasteiger partial charge in [-0.25, -0.2) is 0 Å². The maximum absolute atomic E-state index is 4.07. The fourth-order valence-corrected chi connectivity index (χ4v) is 2.73. The second-order valence-electron chi connectivity index (χ2n) is 5.59. The van der Waals surface area contributed by atoms with Gasteiger partial charge < -0.3 is 10.2 Å². The molecule has 0 amide bonds. The van der Waals surface area contributed by atoms with Crippen molar-refractivity contribution in [1.29, 1.82) is 0 Å². The molecule has 106 valence electrons. The molecule has 2 heterocycles. The minimum atomic E-state index is 0.892. The summed E-state index contributed by atoms with van der Waals surface area (Å²) in [6.45, 7) is 8.34. The van der Waals surface area contributed by atoms with Gasteiger partial charge in [0.05, 0.1) is 0 Å². The summed E-state index contributed by atoms with van der Waals surface area (Å²) >= 11 is 0. The standard InChI is InChI=1S/C16H27N3/c1-2-8-18-14-16-6-12-19(13-7-16)11-5-15-3-9-17-10-4-15/h3-4,9-10,16,18H,2,5-8,11-14H2,1H3. The Kier molecular flexibility index (Phi) is 6.31. The first-order valence-electron chi connectivity index (χ1n) is 7.70. The monoisotopic (exact) mass is 261 g/mol. The highest BCUT2D eigenvalue weighted by atomic mass is 15.1. The Labute approximate surface area is 117 Å². The summed E-state index contributed by atoms with van der Waals surface area (Å²) in [5.74, 6) is 0.892. The van der Waals surface area contributed by atoms with Gasteiger partial charge in [0.2, 0.25) is 0 Å². The van der Waals surface area contributed by atoms with Crippen molar-refractivity contribution in [3.05, 3.63) is 30.1 Å². The average Bonchev–Trinajstić information content (AvgIpc) is 2.48. The van der Waals surface area contributed by atoms with Gasteiger partial charge in [-0.15, -0.1) is 0 Å². The lowest BCUT2D eigenvalue weighted by atomic mass is 9.96. The van der Waals surface area contributed by atoms with E-state index in [1.54, 1.807) is 0 Å². The van der Waals surface area contributed by atoms with Gasteiger partial charge >= 0.3 is 0 Å². The Hall–Kier alpha value is -0.930. The molecule has 0 atom stereocenters. The third-order valence-electron chi connectivity index (χ3n) is 4.03. The van der Waals surface area contributed by atoms with Crippen molar-refractivity contribution in [2.45, 2.75) is 32.6 Å². The maximum Gasteiger partial charge on any atom is 0.0270 e. The van der Waals surface area contributed by atoms with Crippen LogP contribution < -0.4 is 5.32 Å². The lowest BCUT2D eigenvalue weighted by molar-refractivity contribution is 0.184. The minimum absolute atomic E-state index is 0.892. The van der Waals surface area contributed by atoms with Crippen molar-refractivity contribution < 1.29 is 0 Å². The zero-order chi connectivity index (χ0) is 13.3. The summed E-state index contributed by atoms with van der Waals surface area (Å²) in [7, 11) is 0. The number of hydrogen-bond donors (Lipinski definition) is 1. The van der Waals surface area contributed by atoms with Crippen LogP contribution in [0.2, 0.25) is 0 Å². The van der Waals surface area contributed by atoms with Gasteiger partial charge in [-0.3, -0.25) is 4.98 Å². The van der Waals surface area contributed by atoms with Crippen molar-refractivity contribution in [3.63, 3.8) is 0 Å². The lowest BCUT2D eigenvalue weighted by Gasteiger charge is -2.32. The summed E-state index contributed by atoms with van der Waals surface area (Å²) < 4.78 is 0. The van der Waals surface area contributed by atoms with Gasteiger partial charge in [-0.05, 0) is 75.5 Å². The molecule has 0 spiro atoms. The first-order chi connectivity index (χ1) is 9.38. The van der Waals surface area contributed by atoms with E-state index in [1.165, 1.54) is 57.5 Å². The number of pyridine rings is 1. The molecule has 0 saturated carbocycles. The minimum Gasteiger partial charge on any atom is -0.316 e. The summed E-state index contributed by atoms with van der Waals surface area (Å²) in [6.07, 6.45) is 8.88. The molecule has 0 aliphatic carbocycles. The Balaban J connectivity index is 1.61. The van der Waals surface area contributed by atoms with Gasteiger partial charge in [0, 0.05) is 18.9 Å². The van der Waals surface area contributed by atoms with E-state index in [0.717, 1.165) is 12.3 Å². The Morgan fingerprint density at radius 2 is 2.00 bits per heavy atom. The van der Waals surface area contributed by atoms with E-state index in [4.69, 9.17) is 0 Å². The number of piperidine rings is 1. The SMILES string of the molecule is CCCNCC1CCN(CCc2ccncc2)CC1. The number of nitrogens with one attached hydrogen (secondary N) is 1. The van der Waals surface area contributed by atoms with Gasteiger partial charge in [0.25, 0.3) is 0 Å². The van der Waals surface area contributed by atoms with Crippen LogP contribution in [0.5, 0.6) is 0 Å². The molecule has 1 aliphatic heterocycles. The molecule has 2 rings (SSSR count). The van der Waals surface area contributed by atoms with Gasteiger partial charge in [0.15, 0.2) is 0 Å². The first kappa shape index (κ1) is 14.5. The van der Waals surface area contributed by atoms with Crippen molar-refractivity contribution in [2.75, 3.05) is 32.7 Å². The molecule has 3 heteroatoms. The highest BCUT2D eigenvalue weighted by Gasteiger charge is 2.18. The topological polar surface area (TPSA) is 28.2 Å². The molecule has 1 aliphatic rings. The highest BCUT2D eigenvalue weighted by Crippen LogP contribution is 2.16. The van der Waals surface area contributed by atoms with E-state index in [0.29, 0.717) is 0 Å². The molecule has 1 fully saturated rings. The van der Waals surface area contributed by atoms with E-state index in [1.807, 2.05) is 12.4 Å². The molecule has 0 bridgehead atoms. The number of rotatable bonds is 7. The second-order valence-corrected chi connectivity index (χ2v) is 5.59. The first-order valence-corrected chi connectivity index (χ1v) is 7.70. The van der Waals surface area contributed by atoms with E-state index in [-0.39, 0.29) is 0 Å². The third kappa shape index (κ3) is 5.29. The average molecular weight is 261 g/mol. The van der Waals surface area contributed by atoms with Crippen LogP contribution in [0, 0.1) is 5.92 Å². The molecule has 0 aromatic carbocycles. The second kappa shape index (κ2) is 8.28. The van der Waals surface area contributed by atoms with E-state index in [2.05, 4.69) is 34.3 Å². The van der Waals surface area contributed by atoms with Crippen LogP contribution in [-0.4, -0.2) is 42.6 Å². The van der Waals surface area contributed by atoms with E-state index >= 15 is 0 Å². The zero-order valence-corrected chi connectivity index (χ0v) is 12.1. The van der Waals surface area contributed by atoms with Crippen LogP contribution in [0.1, 0.15) is 31.7 Å². The number of likely N-dealkylation sites (tertiary alicyclic amines) is 1. The van der Waals surface area contributed by atoms with Crippen LogP contribution >= 0.6 is 0 Å². The van der Waals surface area contributed by atoms with Crippen LogP contribution in [-0.2, 0) is 6.42 Å². The van der Waals surface area contributed by atoms with Crippen molar-refractivity contribution in [1.82, 2.24) is 15.2 Å². The normalized spacial score (nSPS) is 17.7. The molecular weight excluding hydrogens is 234 g/mol. The Bertz CT molecular complexity index is 331. The molecular formula is C16H27N3. The van der Waals surface area contributed by atoms with Crippen molar-refractivity contribution in [2.24, 2.45) is 5.92 Å². The van der Waals surface area contributed by atoms with E-state index < -0.39 is 0 Å². The summed E-state index contributed by atoms with van der Waals surface area (Å²) in [5.41, 5.74) is 1.40. The van der Waals surface area contributed by atoms with Gasteiger partial charge in [-0.1, -0.05) is 6.92 Å². The fraction of sp³-hybridized carbons (Fsp3) is 0.688. The molecule has 1 N–H and O–H groups in total. The zero-order valence-electron chi connectivity index (χ0n) is 12.1. The number of nitrogens with zero attached hydrogens (tertiary/aromatic N) is 2. The predicted molar refractivity (Wildman–Crippen MR) is 80.3 cm³/mol. The molecule has 1 aromatic heterocycles. The number of aromatic nitrogens is 1. The van der Waals surface area contributed by atoms with Gasteiger partial charge in [-0.2, -0.15) is 0 Å². The summed E-state index contributed by atoms with van der Waals surface area (Å²) in [5, 5.41) is 3.55. The highest BCUT2D eigenvalue weighted by molar-refractivity contribution is 5.09. The van der Waals surface area contributed by atoms with Crippen LogP contribution in [0.15, 0.2) is 24.5 Å². The molecule has 19 heavy (non-hydrogen) atoms. The third-order valence-corrected chi connectivity index (χ3v) is 4.03. The fourth-order valence-electron chi connectivity index (χ4n) is 2.73. The largest absolute Gasteiger partial charge is 0.316 e. The van der Waals surface area contributed by atoms with Crippen LogP contribution in [0.3, 0.4) is 0 Å². The lowest BCUT2D eigenvalue weighted by Crippen LogP contribution is -2.38. The van der Waals surface area contributed by atoms with Crippen LogP contribution in [0.25, 0.3) is 0 Å². The number of hydrogen-bond acceptors (Lipinski definition) is 3. The van der Waals surface area contributed by atoms with Gasteiger partial charge in [0.1, 0.15) is 0 Å². The van der Waals surface area contributed by atoms with Crippen LogP contribution in [0.4, 0.5) is 0 Å². The molecule has 0 radical (unpaired) electrons. The summed E-state index contributed by atoms with van der Waals surface area (Å²) in [6, 6.07) is 4.25. The molecule has 3 nitrogen and oxygen atoms in total. The Morgan fingerprint density at radius 1 is 1.26 bits per heavy atom. The molecule has 1 aromatic rings. The van der Waals surface area contributed by atoms with Crippen molar-refractivity contribution >= 4 is 0 Å². The summed E-state index contributed by atoms with van der Waals surface area (Å²) in [4.78, 5) is 6.67. The quantitative estimate of drug-likeness (QED) is 0.764. The maximum atomic E-state index is 4.07. The van der Waals surface area contributed by atoms with Crippen molar-refractivity contribution in [3.8, 4) is 0 Å². The molecule has 1 saturated heterocycles. The Morgan fingerprint density at radius 3 is 2.68 bits per heavy atom. The smallest absolute Gasteiger partial charge is 0.0270 e. The predicted octanol–water partition coefficient (Wildman–Crippen LogP) is 2.34. The molecule has 0 unspecified atom stereocenters.